The topological polar surface area (TPSA) is 71.1 Å². The van der Waals surface area contributed by atoms with Crippen LogP contribution in [0.25, 0.3) is 0 Å². The molecule has 0 aliphatic rings. The van der Waals surface area contributed by atoms with Crippen molar-refractivity contribution in [2.45, 2.75) is 32.7 Å². The SMILES string of the molecule is CC(C)(C)c1ccc(NC(=O)c2ccnc(C(=O)NCc3ccccc3)c2)cc1. The molecule has 5 heteroatoms. The van der Waals surface area contributed by atoms with E-state index in [1.807, 2.05) is 54.6 Å². The zero-order chi connectivity index (χ0) is 20.9. The quantitative estimate of drug-likeness (QED) is 0.674. The molecular weight excluding hydrogens is 362 g/mol. The molecule has 2 amide bonds. The van der Waals surface area contributed by atoms with E-state index < -0.39 is 0 Å². The minimum Gasteiger partial charge on any atom is -0.347 e. The summed E-state index contributed by atoms with van der Waals surface area (Å²) in [6.07, 6.45) is 1.47. The van der Waals surface area contributed by atoms with E-state index in [0.29, 0.717) is 17.8 Å². The highest BCUT2D eigenvalue weighted by molar-refractivity contribution is 6.05. The zero-order valence-electron chi connectivity index (χ0n) is 16.9. The lowest BCUT2D eigenvalue weighted by atomic mass is 9.87. The summed E-state index contributed by atoms with van der Waals surface area (Å²) in [5, 5.41) is 5.68. The van der Waals surface area contributed by atoms with Crippen molar-refractivity contribution in [1.82, 2.24) is 10.3 Å². The maximum atomic E-state index is 12.6. The lowest BCUT2D eigenvalue weighted by Gasteiger charge is -2.19. The summed E-state index contributed by atoms with van der Waals surface area (Å²) in [6, 6.07) is 20.5. The Morgan fingerprint density at radius 3 is 2.24 bits per heavy atom. The summed E-state index contributed by atoms with van der Waals surface area (Å²) < 4.78 is 0. The average Bonchev–Trinajstić information content (AvgIpc) is 2.72. The molecule has 3 rings (SSSR count). The van der Waals surface area contributed by atoms with Gasteiger partial charge in [0.1, 0.15) is 5.69 Å². The second-order valence-corrected chi connectivity index (χ2v) is 7.88. The third kappa shape index (κ3) is 5.51. The number of hydrogen-bond donors (Lipinski definition) is 2. The van der Waals surface area contributed by atoms with Gasteiger partial charge in [-0.15, -0.1) is 0 Å². The molecule has 0 fully saturated rings. The van der Waals surface area contributed by atoms with Gasteiger partial charge in [-0.05, 0) is 40.8 Å². The molecule has 0 bridgehead atoms. The number of nitrogens with zero attached hydrogens (tertiary/aromatic N) is 1. The highest BCUT2D eigenvalue weighted by Crippen LogP contribution is 2.23. The first-order valence-electron chi connectivity index (χ1n) is 9.53. The summed E-state index contributed by atoms with van der Waals surface area (Å²) in [7, 11) is 0. The van der Waals surface area contributed by atoms with Crippen molar-refractivity contribution in [2.24, 2.45) is 0 Å². The molecule has 0 unspecified atom stereocenters. The fraction of sp³-hybridized carbons (Fsp3) is 0.208. The van der Waals surface area contributed by atoms with E-state index >= 15 is 0 Å². The minimum absolute atomic E-state index is 0.0512. The predicted octanol–water partition coefficient (Wildman–Crippen LogP) is 4.56. The third-order valence-corrected chi connectivity index (χ3v) is 4.56. The van der Waals surface area contributed by atoms with E-state index in [1.54, 1.807) is 6.07 Å². The van der Waals surface area contributed by atoms with Gasteiger partial charge in [0, 0.05) is 24.0 Å². The van der Waals surface area contributed by atoms with Crippen LogP contribution >= 0.6 is 0 Å². The number of aromatic nitrogens is 1. The molecular formula is C24H25N3O2. The third-order valence-electron chi connectivity index (χ3n) is 4.56. The van der Waals surface area contributed by atoms with Gasteiger partial charge in [-0.2, -0.15) is 0 Å². The fourth-order valence-electron chi connectivity index (χ4n) is 2.82. The fourth-order valence-corrected chi connectivity index (χ4v) is 2.82. The molecule has 1 aromatic heterocycles. The first-order chi connectivity index (χ1) is 13.8. The number of carbonyl (C=O) groups is 2. The van der Waals surface area contributed by atoms with Gasteiger partial charge in [-0.3, -0.25) is 14.6 Å². The largest absolute Gasteiger partial charge is 0.347 e. The Morgan fingerprint density at radius 2 is 1.59 bits per heavy atom. The van der Waals surface area contributed by atoms with Crippen molar-refractivity contribution in [1.29, 1.82) is 0 Å². The standard InChI is InChI=1S/C24H25N3O2/c1-24(2,3)19-9-11-20(12-10-19)27-22(28)18-13-14-25-21(15-18)23(29)26-16-17-7-5-4-6-8-17/h4-15H,16H2,1-3H3,(H,26,29)(H,27,28). The highest BCUT2D eigenvalue weighted by Gasteiger charge is 2.14. The lowest BCUT2D eigenvalue weighted by molar-refractivity contribution is 0.0946. The smallest absolute Gasteiger partial charge is 0.270 e. The normalized spacial score (nSPS) is 11.0. The monoisotopic (exact) mass is 387 g/mol. The molecule has 0 aliphatic carbocycles. The van der Waals surface area contributed by atoms with E-state index in [9.17, 15) is 9.59 Å². The molecule has 0 spiro atoms. The molecule has 0 saturated carbocycles. The summed E-state index contributed by atoms with van der Waals surface area (Å²) in [5.41, 5.74) is 3.52. The molecule has 5 nitrogen and oxygen atoms in total. The van der Waals surface area contributed by atoms with Crippen molar-refractivity contribution < 1.29 is 9.59 Å². The molecule has 2 aromatic carbocycles. The molecule has 1 heterocycles. The van der Waals surface area contributed by atoms with Crippen LogP contribution in [0.1, 0.15) is 52.7 Å². The first kappa shape index (κ1) is 20.3. The Labute approximate surface area is 171 Å². The van der Waals surface area contributed by atoms with Crippen molar-refractivity contribution in [3.05, 3.63) is 95.3 Å². The predicted molar refractivity (Wildman–Crippen MR) is 115 cm³/mol. The second-order valence-electron chi connectivity index (χ2n) is 7.88. The van der Waals surface area contributed by atoms with Crippen LogP contribution in [0, 0.1) is 0 Å². The van der Waals surface area contributed by atoms with Crippen LogP contribution in [0.5, 0.6) is 0 Å². The van der Waals surface area contributed by atoms with E-state index in [0.717, 1.165) is 5.56 Å². The van der Waals surface area contributed by atoms with Crippen molar-refractivity contribution in [3.8, 4) is 0 Å². The van der Waals surface area contributed by atoms with Crippen molar-refractivity contribution >= 4 is 17.5 Å². The molecule has 2 N–H and O–H groups in total. The molecule has 0 radical (unpaired) electrons. The second kappa shape index (κ2) is 8.69. The maximum absolute atomic E-state index is 12.6. The Hall–Kier alpha value is -3.47. The first-order valence-corrected chi connectivity index (χ1v) is 9.53. The average molecular weight is 387 g/mol. The Bertz CT molecular complexity index is 991. The van der Waals surface area contributed by atoms with Crippen LogP contribution in [0.4, 0.5) is 5.69 Å². The number of hydrogen-bond acceptors (Lipinski definition) is 3. The van der Waals surface area contributed by atoms with Gasteiger partial charge in [0.05, 0.1) is 0 Å². The number of benzene rings is 2. The zero-order valence-corrected chi connectivity index (χ0v) is 16.9. The Morgan fingerprint density at radius 1 is 0.897 bits per heavy atom. The highest BCUT2D eigenvalue weighted by atomic mass is 16.2. The Balaban J connectivity index is 1.65. The van der Waals surface area contributed by atoms with Gasteiger partial charge in [0.25, 0.3) is 11.8 Å². The maximum Gasteiger partial charge on any atom is 0.270 e. The number of anilines is 1. The number of pyridine rings is 1. The van der Waals surface area contributed by atoms with Gasteiger partial charge in [-0.25, -0.2) is 0 Å². The molecule has 0 saturated heterocycles. The van der Waals surface area contributed by atoms with Crippen LogP contribution in [-0.4, -0.2) is 16.8 Å². The van der Waals surface area contributed by atoms with Gasteiger partial charge in [-0.1, -0.05) is 63.2 Å². The number of amides is 2. The molecule has 0 aliphatic heterocycles. The molecule has 29 heavy (non-hydrogen) atoms. The van der Waals surface area contributed by atoms with Crippen LogP contribution in [-0.2, 0) is 12.0 Å². The van der Waals surface area contributed by atoms with E-state index in [-0.39, 0.29) is 22.9 Å². The number of carbonyl (C=O) groups excluding carboxylic acids is 2. The number of nitrogens with one attached hydrogen (secondary N) is 2. The lowest BCUT2D eigenvalue weighted by Crippen LogP contribution is -2.24. The van der Waals surface area contributed by atoms with E-state index in [1.165, 1.54) is 17.8 Å². The van der Waals surface area contributed by atoms with Gasteiger partial charge in [0.2, 0.25) is 0 Å². The summed E-state index contributed by atoms with van der Waals surface area (Å²) >= 11 is 0. The van der Waals surface area contributed by atoms with Gasteiger partial charge < -0.3 is 10.6 Å². The van der Waals surface area contributed by atoms with Gasteiger partial charge >= 0.3 is 0 Å². The van der Waals surface area contributed by atoms with E-state index in [4.69, 9.17) is 0 Å². The minimum atomic E-state index is -0.321. The van der Waals surface area contributed by atoms with Crippen LogP contribution in [0.2, 0.25) is 0 Å². The van der Waals surface area contributed by atoms with Crippen molar-refractivity contribution in [2.75, 3.05) is 5.32 Å². The van der Waals surface area contributed by atoms with Crippen molar-refractivity contribution in [3.63, 3.8) is 0 Å². The van der Waals surface area contributed by atoms with E-state index in [2.05, 4.69) is 36.4 Å². The molecule has 3 aromatic rings. The number of rotatable bonds is 5. The molecule has 148 valence electrons. The summed E-state index contributed by atoms with van der Waals surface area (Å²) in [4.78, 5) is 29.0. The Kier molecular flexibility index (Phi) is 6.07. The van der Waals surface area contributed by atoms with Crippen LogP contribution in [0.3, 0.4) is 0 Å². The van der Waals surface area contributed by atoms with Gasteiger partial charge in [0.15, 0.2) is 0 Å². The summed E-state index contributed by atoms with van der Waals surface area (Å²) in [5.74, 6) is -0.606. The molecule has 0 atom stereocenters. The van der Waals surface area contributed by atoms with Crippen LogP contribution < -0.4 is 10.6 Å². The van der Waals surface area contributed by atoms with Crippen LogP contribution in [0.15, 0.2) is 72.9 Å². The summed E-state index contributed by atoms with van der Waals surface area (Å²) in [6.45, 7) is 6.82.